The van der Waals surface area contributed by atoms with E-state index in [2.05, 4.69) is 15.3 Å². The molecule has 0 aliphatic carbocycles. The number of amides is 1. The number of nitrogens with zero attached hydrogens (tertiary/aromatic N) is 2. The number of carbonyl (C=O) groups excluding carboxylic acids is 1. The summed E-state index contributed by atoms with van der Waals surface area (Å²) in [5, 5.41) is 5.99. The zero-order valence-corrected chi connectivity index (χ0v) is 13.3. The summed E-state index contributed by atoms with van der Waals surface area (Å²) in [4.78, 5) is 21.0. The number of hydrogen-bond acceptors (Lipinski definition) is 5. The van der Waals surface area contributed by atoms with E-state index in [0.29, 0.717) is 13.2 Å². The van der Waals surface area contributed by atoms with Gasteiger partial charge in [-0.1, -0.05) is 0 Å². The maximum atomic E-state index is 12.3. The maximum Gasteiger partial charge on any atom is 0.223 e. The Bertz CT molecular complexity index is 623. The zero-order chi connectivity index (χ0) is 15.4. The van der Waals surface area contributed by atoms with Crippen molar-refractivity contribution in [1.82, 2.24) is 15.3 Å². The molecule has 5 nitrogen and oxygen atoms in total. The highest BCUT2D eigenvalue weighted by Crippen LogP contribution is 2.25. The summed E-state index contributed by atoms with van der Waals surface area (Å²) < 4.78 is 5.30. The Morgan fingerprint density at radius 2 is 2.27 bits per heavy atom. The number of hydrogen-bond donors (Lipinski definition) is 1. The summed E-state index contributed by atoms with van der Waals surface area (Å²) >= 11 is 1.56. The summed E-state index contributed by atoms with van der Waals surface area (Å²) in [5.74, 6) is 0.169. The van der Waals surface area contributed by atoms with Gasteiger partial charge >= 0.3 is 0 Å². The highest BCUT2D eigenvalue weighted by Gasteiger charge is 2.23. The van der Waals surface area contributed by atoms with Crippen molar-refractivity contribution in [2.24, 2.45) is 5.92 Å². The molecule has 1 saturated heterocycles. The van der Waals surface area contributed by atoms with Crippen LogP contribution < -0.4 is 5.32 Å². The van der Waals surface area contributed by atoms with Crippen LogP contribution in [0.5, 0.6) is 0 Å². The molecule has 1 aliphatic heterocycles. The van der Waals surface area contributed by atoms with Crippen LogP contribution >= 0.6 is 11.3 Å². The van der Waals surface area contributed by atoms with Gasteiger partial charge < -0.3 is 10.1 Å². The lowest BCUT2D eigenvalue weighted by molar-refractivity contribution is -0.128. The van der Waals surface area contributed by atoms with Crippen LogP contribution in [0.4, 0.5) is 0 Å². The summed E-state index contributed by atoms with van der Waals surface area (Å²) in [6.45, 7) is 3.33. The van der Waals surface area contributed by atoms with Crippen molar-refractivity contribution in [1.29, 1.82) is 0 Å². The number of nitrogens with one attached hydrogen (secondary N) is 1. The Morgan fingerprint density at radius 3 is 3.00 bits per heavy atom. The molecule has 0 radical (unpaired) electrons. The van der Waals surface area contributed by atoms with E-state index >= 15 is 0 Å². The molecule has 1 fully saturated rings. The third-order valence-corrected chi connectivity index (χ3v) is 4.83. The lowest BCUT2D eigenvalue weighted by Gasteiger charge is -2.22. The lowest BCUT2D eigenvalue weighted by atomic mass is 9.99. The second-order valence-corrected chi connectivity index (χ2v) is 6.32. The molecular formula is C16H19N3O2S. The topological polar surface area (TPSA) is 64.1 Å². The molecule has 1 N–H and O–H groups in total. The molecule has 1 aliphatic rings. The van der Waals surface area contributed by atoms with Crippen molar-refractivity contribution in [3.63, 3.8) is 0 Å². The van der Waals surface area contributed by atoms with Crippen LogP contribution in [-0.4, -0.2) is 29.1 Å². The monoisotopic (exact) mass is 317 g/mol. The molecule has 0 bridgehead atoms. The molecule has 1 amide bonds. The van der Waals surface area contributed by atoms with Crippen molar-refractivity contribution < 1.29 is 9.53 Å². The number of carbonyl (C=O) groups is 1. The second kappa shape index (κ2) is 6.98. The highest BCUT2D eigenvalue weighted by molar-refractivity contribution is 7.10. The van der Waals surface area contributed by atoms with Crippen LogP contribution in [0, 0.1) is 5.92 Å². The van der Waals surface area contributed by atoms with Gasteiger partial charge in [-0.15, -0.1) is 11.3 Å². The van der Waals surface area contributed by atoms with E-state index in [0.717, 1.165) is 29.1 Å². The van der Waals surface area contributed by atoms with E-state index in [1.54, 1.807) is 23.7 Å². The first-order chi connectivity index (χ1) is 10.7. The average molecular weight is 317 g/mol. The van der Waals surface area contributed by atoms with E-state index in [9.17, 15) is 4.79 Å². The van der Waals surface area contributed by atoms with E-state index in [1.165, 1.54) is 0 Å². The van der Waals surface area contributed by atoms with Crippen LogP contribution in [0.25, 0.3) is 11.3 Å². The van der Waals surface area contributed by atoms with E-state index < -0.39 is 0 Å². The Hall–Kier alpha value is -1.79. The standard InChI is InChI=1S/C16H19N3O2S/c1-11(18-15(20)12-4-7-21-8-5-12)16-19-14(10-22-16)13-3-2-6-17-9-13/h2-3,6,9-12H,4-5,7-8H2,1H3,(H,18,20)/t11-/m1/s1. The van der Waals surface area contributed by atoms with E-state index in [4.69, 9.17) is 4.74 Å². The van der Waals surface area contributed by atoms with Crippen molar-refractivity contribution in [3.05, 3.63) is 34.9 Å². The van der Waals surface area contributed by atoms with Gasteiger partial charge in [-0.2, -0.15) is 0 Å². The smallest absolute Gasteiger partial charge is 0.223 e. The molecule has 2 aromatic heterocycles. The Morgan fingerprint density at radius 1 is 1.45 bits per heavy atom. The van der Waals surface area contributed by atoms with Crippen LogP contribution in [-0.2, 0) is 9.53 Å². The predicted molar refractivity (Wildman–Crippen MR) is 85.4 cm³/mol. The summed E-state index contributed by atoms with van der Waals surface area (Å²) in [5.41, 5.74) is 1.90. The van der Waals surface area contributed by atoms with E-state index in [-0.39, 0.29) is 17.9 Å². The Kier molecular flexibility index (Phi) is 4.80. The van der Waals surface area contributed by atoms with E-state index in [1.807, 2.05) is 24.4 Å². The zero-order valence-electron chi connectivity index (χ0n) is 12.5. The molecule has 0 unspecified atom stereocenters. The minimum Gasteiger partial charge on any atom is -0.381 e. The molecule has 6 heteroatoms. The van der Waals surface area contributed by atoms with Gasteiger partial charge in [0.25, 0.3) is 0 Å². The van der Waals surface area contributed by atoms with Crippen LogP contribution in [0.2, 0.25) is 0 Å². The fourth-order valence-corrected chi connectivity index (χ4v) is 3.32. The normalized spacial score (nSPS) is 17.1. The van der Waals surface area contributed by atoms with Crippen molar-refractivity contribution in [3.8, 4) is 11.3 Å². The molecule has 22 heavy (non-hydrogen) atoms. The van der Waals surface area contributed by atoms with Gasteiger partial charge in [0.2, 0.25) is 5.91 Å². The quantitative estimate of drug-likeness (QED) is 0.942. The first-order valence-corrected chi connectivity index (χ1v) is 8.36. The summed E-state index contributed by atoms with van der Waals surface area (Å²) in [6.07, 6.45) is 5.15. The SMILES string of the molecule is C[C@@H](NC(=O)C1CCOCC1)c1nc(-c2cccnc2)cs1. The largest absolute Gasteiger partial charge is 0.381 e. The molecule has 3 heterocycles. The number of pyridine rings is 1. The minimum atomic E-state index is -0.0780. The highest BCUT2D eigenvalue weighted by atomic mass is 32.1. The van der Waals surface area contributed by atoms with Crippen molar-refractivity contribution >= 4 is 17.2 Å². The predicted octanol–water partition coefficient (Wildman–Crippen LogP) is 2.81. The third-order valence-electron chi connectivity index (χ3n) is 3.80. The van der Waals surface area contributed by atoms with Gasteiger partial charge in [0.1, 0.15) is 5.01 Å². The first-order valence-electron chi connectivity index (χ1n) is 7.48. The van der Waals surface area contributed by atoms with Gasteiger partial charge in [-0.25, -0.2) is 4.98 Å². The fraction of sp³-hybridized carbons (Fsp3) is 0.438. The van der Waals surface area contributed by atoms with Gasteiger partial charge in [0.05, 0.1) is 11.7 Å². The maximum absolute atomic E-state index is 12.3. The minimum absolute atomic E-state index is 0.0638. The summed E-state index contributed by atoms with van der Waals surface area (Å²) in [7, 11) is 0. The molecule has 116 valence electrons. The first kappa shape index (κ1) is 15.1. The second-order valence-electron chi connectivity index (χ2n) is 5.43. The molecule has 0 aromatic carbocycles. The van der Waals surface area contributed by atoms with Gasteiger partial charge in [0, 0.05) is 42.5 Å². The molecule has 0 saturated carbocycles. The van der Waals surface area contributed by atoms with Crippen LogP contribution in [0.3, 0.4) is 0 Å². The molecular weight excluding hydrogens is 298 g/mol. The van der Waals surface area contributed by atoms with Crippen molar-refractivity contribution in [2.45, 2.75) is 25.8 Å². The van der Waals surface area contributed by atoms with Gasteiger partial charge in [-0.3, -0.25) is 9.78 Å². The third kappa shape index (κ3) is 3.51. The van der Waals surface area contributed by atoms with Crippen molar-refractivity contribution in [2.75, 3.05) is 13.2 Å². The average Bonchev–Trinajstić information content (AvgIpc) is 3.06. The van der Waals surface area contributed by atoms with Crippen LogP contribution in [0.15, 0.2) is 29.9 Å². The molecule has 3 rings (SSSR count). The van der Waals surface area contributed by atoms with Gasteiger partial charge in [-0.05, 0) is 31.9 Å². The number of aromatic nitrogens is 2. The number of ether oxygens (including phenoxy) is 1. The number of thiazole rings is 1. The lowest BCUT2D eigenvalue weighted by Crippen LogP contribution is -2.35. The molecule has 2 aromatic rings. The van der Waals surface area contributed by atoms with Gasteiger partial charge in [0.15, 0.2) is 0 Å². The fourth-order valence-electron chi connectivity index (χ4n) is 2.49. The Balaban J connectivity index is 1.64. The molecule has 0 spiro atoms. The van der Waals surface area contributed by atoms with Crippen LogP contribution in [0.1, 0.15) is 30.8 Å². The Labute approximate surface area is 133 Å². The number of rotatable bonds is 4. The molecule has 1 atom stereocenters. The summed E-state index contributed by atoms with van der Waals surface area (Å²) in [6, 6.07) is 3.80.